The smallest absolute Gasteiger partial charge is 0.137 e. The van der Waals surface area contributed by atoms with E-state index in [1.54, 1.807) is 26.1 Å². The van der Waals surface area contributed by atoms with Crippen LogP contribution in [0.5, 0.6) is 0 Å². The Labute approximate surface area is 130 Å². The van der Waals surface area contributed by atoms with Gasteiger partial charge < -0.3 is 5.32 Å². The summed E-state index contributed by atoms with van der Waals surface area (Å²) in [6, 6.07) is 6.72. The van der Waals surface area contributed by atoms with Crippen LogP contribution in [0.15, 0.2) is 34.8 Å². The highest BCUT2D eigenvalue weighted by molar-refractivity contribution is 9.10. The van der Waals surface area contributed by atoms with Gasteiger partial charge in [0, 0.05) is 17.7 Å². The number of halogens is 4. The first-order valence-electron chi connectivity index (χ1n) is 6.49. The molecule has 0 heterocycles. The summed E-state index contributed by atoms with van der Waals surface area (Å²) >= 11 is 3.20. The molecule has 1 N–H and O–H groups in total. The zero-order chi connectivity index (χ0) is 15.6. The highest BCUT2D eigenvalue weighted by atomic mass is 79.9. The molecule has 1 unspecified atom stereocenters. The predicted octanol–water partition coefficient (Wildman–Crippen LogP) is 4.68. The molecule has 2 rings (SSSR count). The van der Waals surface area contributed by atoms with Gasteiger partial charge in [0.1, 0.15) is 17.5 Å². The summed E-state index contributed by atoms with van der Waals surface area (Å²) in [6.07, 6.45) is 0.386. The van der Waals surface area contributed by atoms with Crippen LogP contribution in [0.1, 0.15) is 22.7 Å². The van der Waals surface area contributed by atoms with Crippen LogP contribution in [0, 0.1) is 24.4 Å². The van der Waals surface area contributed by atoms with Gasteiger partial charge in [-0.05, 0) is 59.6 Å². The number of hydrogen-bond acceptors (Lipinski definition) is 1. The molecule has 0 radical (unpaired) electrons. The van der Waals surface area contributed by atoms with E-state index < -0.39 is 11.6 Å². The molecule has 0 saturated carbocycles. The maximum absolute atomic E-state index is 14.0. The van der Waals surface area contributed by atoms with Gasteiger partial charge >= 0.3 is 0 Å². The Morgan fingerprint density at radius 2 is 1.81 bits per heavy atom. The van der Waals surface area contributed by atoms with Crippen molar-refractivity contribution in [2.75, 3.05) is 7.05 Å². The van der Waals surface area contributed by atoms with E-state index in [4.69, 9.17) is 0 Å². The zero-order valence-corrected chi connectivity index (χ0v) is 13.3. The highest BCUT2D eigenvalue weighted by Gasteiger charge is 2.18. The van der Waals surface area contributed by atoms with E-state index in [-0.39, 0.29) is 11.9 Å². The average molecular weight is 358 g/mol. The lowest BCUT2D eigenvalue weighted by molar-refractivity contribution is 0.517. The molecule has 0 amide bonds. The number of hydrogen-bond donors (Lipinski definition) is 1. The second-order valence-corrected chi connectivity index (χ2v) is 5.67. The van der Waals surface area contributed by atoms with Crippen molar-refractivity contribution in [3.05, 3.63) is 68.9 Å². The Morgan fingerprint density at radius 3 is 2.48 bits per heavy atom. The molecule has 0 fully saturated rings. The van der Waals surface area contributed by atoms with Crippen molar-refractivity contribution in [2.24, 2.45) is 0 Å². The third-order valence-electron chi connectivity index (χ3n) is 3.46. The Bertz CT molecular complexity index is 658. The molecule has 0 saturated heterocycles. The molecule has 112 valence electrons. The minimum Gasteiger partial charge on any atom is -0.313 e. The molecule has 5 heteroatoms. The van der Waals surface area contributed by atoms with Gasteiger partial charge in [0.15, 0.2) is 0 Å². The van der Waals surface area contributed by atoms with Crippen LogP contribution < -0.4 is 5.32 Å². The predicted molar refractivity (Wildman–Crippen MR) is 80.7 cm³/mol. The van der Waals surface area contributed by atoms with Crippen LogP contribution in [-0.2, 0) is 6.42 Å². The van der Waals surface area contributed by atoms with Crippen molar-refractivity contribution in [1.82, 2.24) is 5.32 Å². The Morgan fingerprint density at radius 1 is 1.10 bits per heavy atom. The molecule has 0 aliphatic carbocycles. The lowest BCUT2D eigenvalue weighted by atomic mass is 9.97. The number of benzene rings is 2. The van der Waals surface area contributed by atoms with Crippen LogP contribution in [0.2, 0.25) is 0 Å². The van der Waals surface area contributed by atoms with Crippen LogP contribution in [0.3, 0.4) is 0 Å². The fraction of sp³-hybridized carbons (Fsp3) is 0.250. The fourth-order valence-electron chi connectivity index (χ4n) is 2.24. The third kappa shape index (κ3) is 3.47. The Balaban J connectivity index is 2.37. The fourth-order valence-corrected chi connectivity index (χ4v) is 2.67. The molecule has 21 heavy (non-hydrogen) atoms. The molecular formula is C16H15BrF3N. The maximum atomic E-state index is 14.0. The topological polar surface area (TPSA) is 12.0 Å². The third-order valence-corrected chi connectivity index (χ3v) is 4.35. The van der Waals surface area contributed by atoms with E-state index in [9.17, 15) is 13.2 Å². The first kappa shape index (κ1) is 16.0. The standard InChI is InChI=1S/C16H15BrF3N/c1-9-6-11(14(20)8-13(9)19)15(21-2)7-10-4-3-5-12(18)16(10)17/h3-6,8,15,21H,7H2,1-2H3. The van der Waals surface area contributed by atoms with Gasteiger partial charge in [-0.3, -0.25) is 0 Å². The van der Waals surface area contributed by atoms with Gasteiger partial charge in [-0.15, -0.1) is 0 Å². The zero-order valence-electron chi connectivity index (χ0n) is 11.7. The monoisotopic (exact) mass is 357 g/mol. The van der Waals surface area contributed by atoms with E-state index in [1.165, 1.54) is 12.1 Å². The van der Waals surface area contributed by atoms with Crippen LogP contribution >= 0.6 is 15.9 Å². The second-order valence-electron chi connectivity index (χ2n) is 4.88. The first-order valence-corrected chi connectivity index (χ1v) is 7.29. The van der Waals surface area contributed by atoms with E-state index in [1.807, 2.05) is 0 Å². The van der Waals surface area contributed by atoms with Crippen LogP contribution in [0.4, 0.5) is 13.2 Å². The Hall–Kier alpha value is -1.33. The normalized spacial score (nSPS) is 12.5. The molecule has 2 aromatic carbocycles. The van der Waals surface area contributed by atoms with Gasteiger partial charge in [-0.1, -0.05) is 12.1 Å². The highest BCUT2D eigenvalue weighted by Crippen LogP contribution is 2.28. The van der Waals surface area contributed by atoms with Crippen molar-refractivity contribution in [3.63, 3.8) is 0 Å². The first-order chi connectivity index (χ1) is 9.93. The molecule has 1 atom stereocenters. The van der Waals surface area contributed by atoms with E-state index in [2.05, 4.69) is 21.2 Å². The molecular weight excluding hydrogens is 343 g/mol. The van der Waals surface area contributed by atoms with Crippen LogP contribution in [0.25, 0.3) is 0 Å². The average Bonchev–Trinajstić information content (AvgIpc) is 2.45. The minimum absolute atomic E-state index is 0.363. The maximum Gasteiger partial charge on any atom is 0.137 e. The van der Waals surface area contributed by atoms with Crippen molar-refractivity contribution in [1.29, 1.82) is 0 Å². The SMILES string of the molecule is CNC(Cc1cccc(F)c1Br)c1cc(C)c(F)cc1F. The summed E-state index contributed by atoms with van der Waals surface area (Å²) in [5.41, 5.74) is 1.47. The van der Waals surface area contributed by atoms with Crippen molar-refractivity contribution in [3.8, 4) is 0 Å². The number of rotatable bonds is 4. The summed E-state index contributed by atoms with van der Waals surface area (Å²) in [4.78, 5) is 0. The number of aryl methyl sites for hydroxylation is 1. The van der Waals surface area contributed by atoms with Crippen molar-refractivity contribution >= 4 is 15.9 Å². The van der Waals surface area contributed by atoms with E-state index in [0.29, 0.717) is 22.0 Å². The van der Waals surface area contributed by atoms with Crippen molar-refractivity contribution in [2.45, 2.75) is 19.4 Å². The molecule has 0 aliphatic heterocycles. The number of nitrogens with one attached hydrogen (secondary N) is 1. The van der Waals surface area contributed by atoms with Crippen molar-refractivity contribution < 1.29 is 13.2 Å². The second kappa shape index (κ2) is 6.62. The van der Waals surface area contributed by atoms with Gasteiger partial charge in [0.2, 0.25) is 0 Å². The van der Waals surface area contributed by atoms with Gasteiger partial charge in [0.05, 0.1) is 4.47 Å². The quantitative estimate of drug-likeness (QED) is 0.837. The van der Waals surface area contributed by atoms with E-state index in [0.717, 1.165) is 11.6 Å². The van der Waals surface area contributed by atoms with Gasteiger partial charge in [-0.2, -0.15) is 0 Å². The molecule has 1 nitrogen and oxygen atoms in total. The Kier molecular flexibility index (Phi) is 5.06. The lowest BCUT2D eigenvalue weighted by Gasteiger charge is -2.19. The summed E-state index contributed by atoms with van der Waals surface area (Å²) in [6.45, 7) is 1.59. The summed E-state index contributed by atoms with van der Waals surface area (Å²) < 4.78 is 41.2. The summed E-state index contributed by atoms with van der Waals surface area (Å²) in [5, 5.41) is 3.00. The molecule has 2 aromatic rings. The summed E-state index contributed by atoms with van der Waals surface area (Å²) in [5.74, 6) is -1.54. The van der Waals surface area contributed by atoms with Gasteiger partial charge in [0.25, 0.3) is 0 Å². The lowest BCUT2D eigenvalue weighted by Crippen LogP contribution is -2.21. The number of likely N-dealkylation sites (N-methyl/N-ethyl adjacent to an activating group) is 1. The van der Waals surface area contributed by atoms with Gasteiger partial charge in [-0.25, -0.2) is 13.2 Å². The summed E-state index contributed by atoms with van der Waals surface area (Å²) in [7, 11) is 1.69. The molecule has 0 aromatic heterocycles. The molecule has 0 bridgehead atoms. The van der Waals surface area contributed by atoms with Crippen LogP contribution in [-0.4, -0.2) is 7.05 Å². The van der Waals surface area contributed by atoms with E-state index >= 15 is 0 Å². The minimum atomic E-state index is -0.607. The molecule has 0 aliphatic rings. The largest absolute Gasteiger partial charge is 0.313 e. The molecule has 0 spiro atoms.